The van der Waals surface area contributed by atoms with Crippen molar-refractivity contribution in [2.45, 2.75) is 57.0 Å². The standard InChI is InChI=1S/C26H36N4O2/c1-28-16-8-12-23(28)25(32)29-17-9-18-30(21-22-10-4-2-5-11-22)26(13-6-3-7-14-26)20-24(31)27-15-19-29/h2,4-5,8,10-12,16H,3,6-7,9,13-15,17-21H2,1H3,(H,27,31). The van der Waals surface area contributed by atoms with E-state index in [9.17, 15) is 9.59 Å². The highest BCUT2D eigenvalue weighted by molar-refractivity contribution is 5.92. The smallest absolute Gasteiger partial charge is 0.270 e. The summed E-state index contributed by atoms with van der Waals surface area (Å²) in [4.78, 5) is 30.6. The third-order valence-electron chi connectivity index (χ3n) is 7.17. The first-order chi connectivity index (χ1) is 15.6. The van der Waals surface area contributed by atoms with Crippen LogP contribution >= 0.6 is 0 Å². The maximum atomic E-state index is 13.2. The fourth-order valence-electron chi connectivity index (χ4n) is 5.41. The quantitative estimate of drug-likeness (QED) is 0.800. The van der Waals surface area contributed by atoms with E-state index in [0.29, 0.717) is 31.7 Å². The number of aromatic nitrogens is 1. The molecule has 4 rings (SSSR count). The molecule has 0 bridgehead atoms. The van der Waals surface area contributed by atoms with Gasteiger partial charge in [-0.1, -0.05) is 49.6 Å². The van der Waals surface area contributed by atoms with Crippen molar-refractivity contribution in [1.29, 1.82) is 0 Å². The lowest BCUT2D eigenvalue weighted by molar-refractivity contribution is -0.125. The van der Waals surface area contributed by atoms with Crippen molar-refractivity contribution in [3.63, 3.8) is 0 Å². The summed E-state index contributed by atoms with van der Waals surface area (Å²) in [5.41, 5.74) is 1.88. The molecule has 1 aliphatic carbocycles. The van der Waals surface area contributed by atoms with Crippen molar-refractivity contribution in [1.82, 2.24) is 19.7 Å². The Bertz CT molecular complexity index is 902. The van der Waals surface area contributed by atoms with Crippen LogP contribution in [0.5, 0.6) is 0 Å². The summed E-state index contributed by atoms with van der Waals surface area (Å²) in [6, 6.07) is 14.3. The summed E-state index contributed by atoms with van der Waals surface area (Å²) in [6.07, 6.45) is 9.09. The van der Waals surface area contributed by atoms with Gasteiger partial charge in [0.15, 0.2) is 0 Å². The Hall–Kier alpha value is -2.60. The average molecular weight is 437 g/mol. The van der Waals surface area contributed by atoms with Gasteiger partial charge in [0, 0.05) is 57.9 Å². The van der Waals surface area contributed by atoms with Crippen LogP contribution in [0.1, 0.15) is 61.0 Å². The molecule has 2 heterocycles. The molecule has 2 fully saturated rings. The average Bonchev–Trinajstić information content (AvgIpc) is 3.22. The van der Waals surface area contributed by atoms with E-state index in [1.165, 1.54) is 24.8 Å². The van der Waals surface area contributed by atoms with E-state index >= 15 is 0 Å². The van der Waals surface area contributed by atoms with E-state index in [1.54, 1.807) is 0 Å². The first-order valence-corrected chi connectivity index (χ1v) is 12.0. The molecule has 1 aliphatic heterocycles. The minimum atomic E-state index is -0.0878. The molecule has 1 N–H and O–H groups in total. The lowest BCUT2D eigenvalue weighted by Gasteiger charge is -2.46. The summed E-state index contributed by atoms with van der Waals surface area (Å²) in [6.45, 7) is 3.48. The molecule has 2 aliphatic rings. The first-order valence-electron chi connectivity index (χ1n) is 12.0. The minimum absolute atomic E-state index is 0.0352. The molecule has 6 heteroatoms. The monoisotopic (exact) mass is 436 g/mol. The summed E-state index contributed by atoms with van der Waals surface area (Å²) in [7, 11) is 1.90. The molecule has 1 aromatic carbocycles. The van der Waals surface area contributed by atoms with Crippen LogP contribution in [-0.2, 0) is 18.4 Å². The van der Waals surface area contributed by atoms with E-state index in [-0.39, 0.29) is 17.4 Å². The van der Waals surface area contributed by atoms with Gasteiger partial charge in [-0.3, -0.25) is 14.5 Å². The van der Waals surface area contributed by atoms with Gasteiger partial charge in [-0.25, -0.2) is 0 Å². The molecule has 0 unspecified atom stereocenters. The van der Waals surface area contributed by atoms with Gasteiger partial charge in [-0.15, -0.1) is 0 Å². The maximum Gasteiger partial charge on any atom is 0.270 e. The number of hydrogen-bond donors (Lipinski definition) is 1. The first kappa shape index (κ1) is 22.6. The normalized spacial score (nSPS) is 20.5. The molecule has 0 atom stereocenters. The zero-order chi connectivity index (χ0) is 22.4. The zero-order valence-electron chi connectivity index (χ0n) is 19.3. The second-order valence-corrected chi connectivity index (χ2v) is 9.37. The van der Waals surface area contributed by atoms with E-state index in [4.69, 9.17) is 0 Å². The number of benzene rings is 1. The molecule has 1 spiro atoms. The van der Waals surface area contributed by atoms with Crippen LogP contribution in [0.4, 0.5) is 0 Å². The second kappa shape index (κ2) is 10.3. The Morgan fingerprint density at radius 2 is 1.75 bits per heavy atom. The third-order valence-corrected chi connectivity index (χ3v) is 7.17. The molecule has 2 amide bonds. The molecule has 1 saturated carbocycles. The molecule has 6 nitrogen and oxygen atoms in total. The number of nitrogens with one attached hydrogen (secondary N) is 1. The second-order valence-electron chi connectivity index (χ2n) is 9.37. The van der Waals surface area contributed by atoms with Gasteiger partial charge < -0.3 is 14.8 Å². The number of carbonyl (C=O) groups is 2. The van der Waals surface area contributed by atoms with Gasteiger partial charge in [0.1, 0.15) is 5.69 Å². The number of rotatable bonds is 3. The number of carbonyl (C=O) groups excluding carboxylic acids is 2. The van der Waals surface area contributed by atoms with Crippen molar-refractivity contribution in [2.24, 2.45) is 7.05 Å². The maximum absolute atomic E-state index is 13.2. The van der Waals surface area contributed by atoms with Crippen LogP contribution in [0.25, 0.3) is 0 Å². The van der Waals surface area contributed by atoms with Crippen molar-refractivity contribution in [2.75, 3.05) is 26.2 Å². The highest BCUT2D eigenvalue weighted by atomic mass is 16.2. The van der Waals surface area contributed by atoms with Crippen LogP contribution in [0.2, 0.25) is 0 Å². The molecule has 32 heavy (non-hydrogen) atoms. The number of amides is 2. The van der Waals surface area contributed by atoms with E-state index < -0.39 is 0 Å². The molecular weight excluding hydrogens is 400 g/mol. The fraction of sp³-hybridized carbons (Fsp3) is 0.538. The number of aryl methyl sites for hydroxylation is 1. The Balaban J connectivity index is 1.56. The Kier molecular flexibility index (Phi) is 7.30. The van der Waals surface area contributed by atoms with Gasteiger partial charge in [-0.2, -0.15) is 0 Å². The summed E-state index contributed by atoms with van der Waals surface area (Å²) < 4.78 is 1.87. The number of hydrogen-bond acceptors (Lipinski definition) is 3. The van der Waals surface area contributed by atoms with Gasteiger partial charge in [-0.05, 0) is 37.0 Å². The van der Waals surface area contributed by atoms with Crippen molar-refractivity contribution in [3.8, 4) is 0 Å². The summed E-state index contributed by atoms with van der Waals surface area (Å²) >= 11 is 0. The summed E-state index contributed by atoms with van der Waals surface area (Å²) in [5.74, 6) is 0.145. The van der Waals surface area contributed by atoms with E-state index in [1.807, 2.05) is 40.9 Å². The number of nitrogens with zero attached hydrogens (tertiary/aromatic N) is 3. The van der Waals surface area contributed by atoms with E-state index in [2.05, 4.69) is 34.5 Å². The van der Waals surface area contributed by atoms with Crippen LogP contribution in [-0.4, -0.2) is 57.9 Å². The van der Waals surface area contributed by atoms with Crippen molar-refractivity contribution in [3.05, 3.63) is 59.9 Å². The fourth-order valence-corrected chi connectivity index (χ4v) is 5.41. The lowest BCUT2D eigenvalue weighted by Crippen LogP contribution is -2.52. The molecule has 0 radical (unpaired) electrons. The largest absolute Gasteiger partial charge is 0.354 e. The zero-order valence-corrected chi connectivity index (χ0v) is 19.3. The van der Waals surface area contributed by atoms with Crippen LogP contribution in [0.15, 0.2) is 48.7 Å². The molecule has 1 aromatic heterocycles. The highest BCUT2D eigenvalue weighted by Gasteiger charge is 2.40. The third kappa shape index (κ3) is 5.23. The van der Waals surface area contributed by atoms with Crippen LogP contribution < -0.4 is 5.32 Å². The molecule has 172 valence electrons. The predicted molar refractivity (Wildman–Crippen MR) is 126 cm³/mol. The van der Waals surface area contributed by atoms with Gasteiger partial charge in [0.2, 0.25) is 5.91 Å². The topological polar surface area (TPSA) is 57.6 Å². The van der Waals surface area contributed by atoms with Crippen molar-refractivity contribution >= 4 is 11.8 Å². The molecule has 1 saturated heterocycles. The SMILES string of the molecule is Cn1cccc1C(=O)N1CCCN(Cc2ccccc2)C2(CCCCC2)CC(=O)NCC1. The predicted octanol–water partition coefficient (Wildman–Crippen LogP) is 3.58. The van der Waals surface area contributed by atoms with E-state index in [0.717, 1.165) is 32.4 Å². The minimum Gasteiger partial charge on any atom is -0.354 e. The molecule has 2 aromatic rings. The molecular formula is C26H36N4O2. The van der Waals surface area contributed by atoms with Gasteiger partial charge in [0.25, 0.3) is 5.91 Å². The summed E-state index contributed by atoms with van der Waals surface area (Å²) in [5, 5.41) is 3.11. The Morgan fingerprint density at radius 3 is 2.47 bits per heavy atom. The Morgan fingerprint density at radius 1 is 0.969 bits per heavy atom. The van der Waals surface area contributed by atoms with Crippen molar-refractivity contribution < 1.29 is 9.59 Å². The lowest BCUT2D eigenvalue weighted by atomic mass is 9.77. The Labute approximate surface area is 191 Å². The van der Waals surface area contributed by atoms with Gasteiger partial charge >= 0.3 is 0 Å². The van der Waals surface area contributed by atoms with Crippen LogP contribution in [0.3, 0.4) is 0 Å². The van der Waals surface area contributed by atoms with Crippen LogP contribution in [0, 0.1) is 0 Å². The van der Waals surface area contributed by atoms with Gasteiger partial charge in [0.05, 0.1) is 0 Å². The highest BCUT2D eigenvalue weighted by Crippen LogP contribution is 2.38.